The van der Waals surface area contributed by atoms with E-state index in [-0.39, 0.29) is 17.2 Å². The molecular weight excluding hydrogens is 250 g/mol. The number of nitrogens with one attached hydrogen (secondary N) is 1. The van der Waals surface area contributed by atoms with Gasteiger partial charge in [-0.1, -0.05) is 28.2 Å². The molecule has 0 saturated heterocycles. The zero-order valence-corrected chi connectivity index (χ0v) is 10.2. The first-order valence-corrected chi connectivity index (χ1v) is 6.56. The highest BCUT2D eigenvalue weighted by molar-refractivity contribution is 8.39. The number of hydrogen-bond acceptors (Lipinski definition) is 6. The number of rotatable bonds is 3. The van der Waals surface area contributed by atoms with Gasteiger partial charge in [0.05, 0.1) is 12.3 Å². The Morgan fingerprint density at radius 3 is 3.12 bits per heavy atom. The fourth-order valence-corrected chi connectivity index (χ4v) is 3.11. The molecule has 0 fully saturated rings. The molecule has 0 amide bonds. The van der Waals surface area contributed by atoms with Crippen LogP contribution in [0.25, 0.3) is 0 Å². The second-order valence-electron chi connectivity index (χ2n) is 3.10. The van der Waals surface area contributed by atoms with Crippen molar-refractivity contribution in [3.8, 4) is 0 Å². The lowest BCUT2D eigenvalue weighted by atomic mass is 10.3. The molecule has 0 unspecified atom stereocenters. The van der Waals surface area contributed by atoms with Crippen LogP contribution in [-0.4, -0.2) is 33.5 Å². The molecule has 1 N–H and O–H groups in total. The molecule has 0 aromatic carbocycles. The van der Waals surface area contributed by atoms with Crippen LogP contribution in [0.4, 0.5) is 0 Å². The quantitative estimate of drug-likeness (QED) is 0.602. The lowest BCUT2D eigenvalue weighted by Gasteiger charge is -1.94. The molecule has 1 aliphatic heterocycles. The zero-order valence-electron chi connectivity index (χ0n) is 8.56. The SMILES string of the molecule is C[n+]1[nH]oc(=O)c1C(=O)CSC1=NCCS1. The molecule has 16 heavy (non-hydrogen) atoms. The summed E-state index contributed by atoms with van der Waals surface area (Å²) >= 11 is 3.00. The van der Waals surface area contributed by atoms with E-state index in [0.717, 1.165) is 16.7 Å². The fraction of sp³-hybridized carbons (Fsp3) is 0.500. The Labute approximate surface area is 99.4 Å². The third kappa shape index (κ3) is 2.38. The molecule has 2 rings (SSSR count). The fourth-order valence-electron chi connectivity index (χ4n) is 1.24. The second-order valence-corrected chi connectivity index (χ2v) is 5.40. The number of thioether (sulfide) groups is 2. The molecule has 6 nitrogen and oxygen atoms in total. The number of nitrogens with zero attached hydrogens (tertiary/aromatic N) is 2. The molecular formula is C8H10N3O3S2+. The molecule has 0 radical (unpaired) electrons. The maximum absolute atomic E-state index is 11.7. The number of H-pyrrole nitrogens is 1. The van der Waals surface area contributed by atoms with E-state index in [9.17, 15) is 9.59 Å². The molecule has 0 spiro atoms. The number of Topliss-reactive ketones (excluding diaryl/α,β-unsaturated/α-hetero) is 1. The molecule has 0 saturated carbocycles. The molecule has 2 heterocycles. The largest absolute Gasteiger partial charge is 0.438 e. The van der Waals surface area contributed by atoms with E-state index in [2.05, 4.69) is 14.8 Å². The molecule has 0 atom stereocenters. The van der Waals surface area contributed by atoms with Gasteiger partial charge in [0.15, 0.2) is 7.05 Å². The summed E-state index contributed by atoms with van der Waals surface area (Å²) in [6.07, 6.45) is 0. The van der Waals surface area contributed by atoms with Gasteiger partial charge in [-0.2, -0.15) is 0 Å². The van der Waals surface area contributed by atoms with Gasteiger partial charge in [0.2, 0.25) is 5.78 Å². The summed E-state index contributed by atoms with van der Waals surface area (Å²) in [7, 11) is 1.56. The third-order valence-electron chi connectivity index (χ3n) is 1.95. The minimum Gasteiger partial charge on any atom is -0.286 e. The van der Waals surface area contributed by atoms with Gasteiger partial charge in [0.25, 0.3) is 0 Å². The van der Waals surface area contributed by atoms with Crippen molar-refractivity contribution in [2.45, 2.75) is 0 Å². The first kappa shape index (κ1) is 11.5. The van der Waals surface area contributed by atoms with Crippen LogP contribution in [0, 0.1) is 0 Å². The number of hydrogen-bond donors (Lipinski definition) is 1. The van der Waals surface area contributed by atoms with Crippen molar-refractivity contribution in [3.63, 3.8) is 0 Å². The van der Waals surface area contributed by atoms with Crippen LogP contribution in [-0.2, 0) is 7.05 Å². The zero-order chi connectivity index (χ0) is 11.5. The minimum atomic E-state index is -0.630. The van der Waals surface area contributed by atoms with E-state index in [4.69, 9.17) is 0 Å². The van der Waals surface area contributed by atoms with Crippen molar-refractivity contribution >= 4 is 33.7 Å². The van der Waals surface area contributed by atoms with Crippen LogP contribution < -0.4 is 10.3 Å². The summed E-state index contributed by atoms with van der Waals surface area (Å²) in [6.45, 7) is 0.807. The Morgan fingerprint density at radius 2 is 2.56 bits per heavy atom. The van der Waals surface area contributed by atoms with Gasteiger partial charge in [-0.15, -0.1) is 0 Å². The van der Waals surface area contributed by atoms with E-state index < -0.39 is 5.63 Å². The van der Waals surface area contributed by atoms with E-state index in [0.29, 0.717) is 0 Å². The minimum absolute atomic E-state index is 0.0381. The summed E-state index contributed by atoms with van der Waals surface area (Å²) in [4.78, 5) is 27.1. The molecule has 1 aromatic heterocycles. The number of aliphatic imine (C=N–C) groups is 1. The molecule has 86 valence electrons. The molecule has 8 heteroatoms. The topological polar surface area (TPSA) is 79.3 Å². The van der Waals surface area contributed by atoms with Gasteiger partial charge in [0, 0.05) is 5.75 Å². The predicted molar refractivity (Wildman–Crippen MR) is 62.1 cm³/mol. The number of carbonyl (C=O) groups excluding carboxylic acids is 1. The summed E-state index contributed by atoms with van der Waals surface area (Å²) < 4.78 is 6.70. The Hall–Kier alpha value is -1.02. The normalized spacial score (nSPS) is 15.2. The maximum atomic E-state index is 11.7. The highest BCUT2D eigenvalue weighted by Gasteiger charge is 2.26. The lowest BCUT2D eigenvalue weighted by molar-refractivity contribution is -0.741. The van der Waals surface area contributed by atoms with Crippen molar-refractivity contribution < 1.29 is 14.0 Å². The Morgan fingerprint density at radius 1 is 1.75 bits per heavy atom. The van der Waals surface area contributed by atoms with Crippen molar-refractivity contribution in [1.29, 1.82) is 0 Å². The van der Waals surface area contributed by atoms with Gasteiger partial charge in [-0.3, -0.25) is 14.3 Å². The summed E-state index contributed by atoms with van der Waals surface area (Å²) in [5.74, 6) is 0.927. The number of ketones is 1. The number of aromatic amines is 1. The predicted octanol–water partition coefficient (Wildman–Crippen LogP) is -0.189. The van der Waals surface area contributed by atoms with Crippen molar-refractivity contribution in [2.75, 3.05) is 18.1 Å². The first-order valence-electron chi connectivity index (χ1n) is 4.59. The molecule has 1 aromatic rings. The number of carbonyl (C=O) groups is 1. The summed E-state index contributed by atoms with van der Waals surface area (Å²) in [6, 6.07) is 0. The summed E-state index contributed by atoms with van der Waals surface area (Å²) in [5, 5.41) is 2.31. The highest BCUT2D eigenvalue weighted by Crippen LogP contribution is 2.22. The van der Waals surface area contributed by atoms with Crippen molar-refractivity contribution in [1.82, 2.24) is 5.27 Å². The number of aromatic nitrogens is 2. The highest BCUT2D eigenvalue weighted by atomic mass is 32.2. The van der Waals surface area contributed by atoms with Crippen LogP contribution in [0.5, 0.6) is 0 Å². The number of aryl methyl sites for hydroxylation is 1. The Bertz CT molecular complexity index is 491. The van der Waals surface area contributed by atoms with Crippen LogP contribution in [0.3, 0.4) is 0 Å². The van der Waals surface area contributed by atoms with Gasteiger partial charge in [-0.05, 0) is 5.27 Å². The van der Waals surface area contributed by atoms with E-state index in [1.807, 2.05) is 0 Å². The van der Waals surface area contributed by atoms with Gasteiger partial charge >= 0.3 is 11.3 Å². The summed E-state index contributed by atoms with van der Waals surface area (Å²) in [5.41, 5.74) is -0.592. The Kier molecular flexibility index (Phi) is 3.49. The second kappa shape index (κ2) is 4.88. The average molecular weight is 260 g/mol. The van der Waals surface area contributed by atoms with E-state index in [1.54, 1.807) is 18.8 Å². The third-order valence-corrected chi connectivity index (χ3v) is 4.21. The van der Waals surface area contributed by atoms with Gasteiger partial charge < -0.3 is 0 Å². The van der Waals surface area contributed by atoms with Crippen LogP contribution >= 0.6 is 23.5 Å². The monoisotopic (exact) mass is 260 g/mol. The lowest BCUT2D eigenvalue weighted by Crippen LogP contribution is -2.39. The smallest absolute Gasteiger partial charge is 0.286 e. The molecule has 1 aliphatic rings. The van der Waals surface area contributed by atoms with Crippen LogP contribution in [0.1, 0.15) is 10.5 Å². The van der Waals surface area contributed by atoms with Gasteiger partial charge in [-0.25, -0.2) is 4.79 Å². The van der Waals surface area contributed by atoms with Crippen LogP contribution in [0.2, 0.25) is 0 Å². The van der Waals surface area contributed by atoms with Crippen molar-refractivity contribution in [3.05, 3.63) is 16.1 Å². The molecule has 0 bridgehead atoms. The molecule has 0 aliphatic carbocycles. The average Bonchev–Trinajstić information content (AvgIpc) is 2.86. The Balaban J connectivity index is 2.00. The first-order chi connectivity index (χ1) is 7.68. The maximum Gasteiger partial charge on any atom is 0.438 e. The van der Waals surface area contributed by atoms with Gasteiger partial charge in [0.1, 0.15) is 4.38 Å². The van der Waals surface area contributed by atoms with E-state index >= 15 is 0 Å². The van der Waals surface area contributed by atoms with E-state index in [1.165, 1.54) is 16.4 Å². The standard InChI is InChI=1S/C8H9N3O3S2/c1-11-6(7(13)14-10-11)5(12)4-16-8-9-2-3-15-8/h2-4H2,1H3/p+1. The van der Waals surface area contributed by atoms with Crippen molar-refractivity contribution in [2.24, 2.45) is 12.0 Å². The van der Waals surface area contributed by atoms with Crippen LogP contribution in [0.15, 0.2) is 14.3 Å².